The van der Waals surface area contributed by atoms with Crippen LogP contribution in [-0.2, 0) is 12.8 Å². The summed E-state index contributed by atoms with van der Waals surface area (Å²) in [6.45, 7) is 3.02. The van der Waals surface area contributed by atoms with Crippen LogP contribution in [0.1, 0.15) is 18.2 Å². The Morgan fingerprint density at radius 2 is 2.06 bits per heavy atom. The molecule has 1 N–H and O–H groups in total. The summed E-state index contributed by atoms with van der Waals surface area (Å²) in [4.78, 5) is 4.46. The van der Waals surface area contributed by atoms with E-state index in [1.54, 1.807) is 11.3 Å². The second kappa shape index (κ2) is 6.03. The van der Waals surface area contributed by atoms with E-state index in [0.717, 1.165) is 35.2 Å². The maximum Gasteiger partial charge on any atom is 0.182 e. The van der Waals surface area contributed by atoms with Crippen LogP contribution < -0.4 is 5.32 Å². The number of benzene rings is 1. The first-order valence-electron chi connectivity index (χ1n) is 5.70. The summed E-state index contributed by atoms with van der Waals surface area (Å²) in [5.74, 6) is 0. The van der Waals surface area contributed by atoms with E-state index in [9.17, 15) is 0 Å². The van der Waals surface area contributed by atoms with Crippen LogP contribution in [0.2, 0.25) is 5.02 Å². The number of aromatic nitrogens is 1. The van der Waals surface area contributed by atoms with Crippen molar-refractivity contribution in [2.24, 2.45) is 0 Å². The monoisotopic (exact) mass is 266 g/mol. The third-order valence-electron chi connectivity index (χ3n) is 2.52. The van der Waals surface area contributed by atoms with E-state index in [0.29, 0.717) is 0 Å². The van der Waals surface area contributed by atoms with Crippen molar-refractivity contribution in [1.82, 2.24) is 4.98 Å². The molecule has 2 rings (SSSR count). The molecule has 0 aliphatic heterocycles. The Balaban J connectivity index is 1.81. The number of anilines is 1. The van der Waals surface area contributed by atoms with Crippen LogP contribution in [-0.4, -0.2) is 11.5 Å². The van der Waals surface area contributed by atoms with Gasteiger partial charge in [0.1, 0.15) is 0 Å². The van der Waals surface area contributed by atoms with Crippen molar-refractivity contribution in [3.8, 4) is 0 Å². The van der Waals surface area contributed by atoms with Crippen molar-refractivity contribution in [3.05, 3.63) is 45.9 Å². The van der Waals surface area contributed by atoms with Gasteiger partial charge in [0.05, 0.1) is 5.69 Å². The van der Waals surface area contributed by atoms with E-state index < -0.39 is 0 Å². The molecule has 1 aromatic heterocycles. The van der Waals surface area contributed by atoms with Gasteiger partial charge in [-0.3, -0.25) is 0 Å². The molecule has 2 nitrogen and oxygen atoms in total. The first kappa shape index (κ1) is 12.4. The number of nitrogens with one attached hydrogen (secondary N) is 1. The summed E-state index contributed by atoms with van der Waals surface area (Å²) in [6.07, 6.45) is 1.98. The molecule has 1 heterocycles. The van der Waals surface area contributed by atoms with Crippen LogP contribution in [0.5, 0.6) is 0 Å². The molecule has 4 heteroatoms. The minimum Gasteiger partial charge on any atom is -0.361 e. The molecule has 17 heavy (non-hydrogen) atoms. The lowest BCUT2D eigenvalue weighted by molar-refractivity contribution is 1.00. The molecule has 0 aliphatic rings. The Bertz CT molecular complexity index is 465. The van der Waals surface area contributed by atoms with Crippen molar-refractivity contribution in [3.63, 3.8) is 0 Å². The predicted octanol–water partition coefficient (Wildman–Crippen LogP) is 4.01. The molecule has 90 valence electrons. The molecule has 0 aliphatic carbocycles. The molecule has 2 aromatic rings. The Hall–Kier alpha value is -1.06. The normalized spacial score (nSPS) is 10.5. The van der Waals surface area contributed by atoms with E-state index in [4.69, 9.17) is 11.6 Å². The van der Waals surface area contributed by atoms with Crippen LogP contribution in [0.15, 0.2) is 29.6 Å². The average molecular weight is 267 g/mol. The molecule has 0 radical (unpaired) electrons. The molecular weight excluding hydrogens is 252 g/mol. The number of hydrogen-bond acceptors (Lipinski definition) is 3. The van der Waals surface area contributed by atoms with Crippen LogP contribution >= 0.6 is 22.9 Å². The van der Waals surface area contributed by atoms with Crippen LogP contribution in [0, 0.1) is 0 Å². The van der Waals surface area contributed by atoms with Crippen LogP contribution in [0.4, 0.5) is 5.13 Å². The fourth-order valence-electron chi connectivity index (χ4n) is 1.52. The lowest BCUT2D eigenvalue weighted by Crippen LogP contribution is -2.04. The molecule has 0 bridgehead atoms. The van der Waals surface area contributed by atoms with Gasteiger partial charge >= 0.3 is 0 Å². The zero-order valence-electron chi connectivity index (χ0n) is 9.74. The highest BCUT2D eigenvalue weighted by Gasteiger charge is 1.99. The third-order valence-corrected chi connectivity index (χ3v) is 3.62. The van der Waals surface area contributed by atoms with E-state index in [1.807, 2.05) is 12.1 Å². The van der Waals surface area contributed by atoms with Crippen LogP contribution in [0.3, 0.4) is 0 Å². The van der Waals surface area contributed by atoms with Gasteiger partial charge in [0.25, 0.3) is 0 Å². The number of nitrogens with zero attached hydrogens (tertiary/aromatic N) is 1. The summed E-state index contributed by atoms with van der Waals surface area (Å²) in [5, 5.41) is 7.24. The van der Waals surface area contributed by atoms with E-state index in [2.05, 4.69) is 34.7 Å². The van der Waals surface area contributed by atoms with Crippen molar-refractivity contribution in [2.75, 3.05) is 11.9 Å². The van der Waals surface area contributed by atoms with Crippen molar-refractivity contribution >= 4 is 28.1 Å². The van der Waals surface area contributed by atoms with Gasteiger partial charge in [0.15, 0.2) is 5.13 Å². The number of hydrogen-bond donors (Lipinski definition) is 1. The molecular formula is C13H15ClN2S. The lowest BCUT2D eigenvalue weighted by Gasteiger charge is -2.03. The third kappa shape index (κ3) is 3.72. The van der Waals surface area contributed by atoms with Gasteiger partial charge in [0, 0.05) is 16.9 Å². The maximum absolute atomic E-state index is 5.84. The SMILES string of the molecule is CCc1csc(NCCc2ccc(Cl)cc2)n1. The largest absolute Gasteiger partial charge is 0.361 e. The minimum atomic E-state index is 0.786. The highest BCUT2D eigenvalue weighted by molar-refractivity contribution is 7.13. The summed E-state index contributed by atoms with van der Waals surface area (Å²) < 4.78 is 0. The number of rotatable bonds is 5. The number of aryl methyl sites for hydroxylation is 1. The Morgan fingerprint density at radius 1 is 1.29 bits per heavy atom. The zero-order chi connectivity index (χ0) is 12.1. The molecule has 0 spiro atoms. The Labute approximate surface area is 111 Å². The van der Waals surface area contributed by atoms with E-state index >= 15 is 0 Å². The first-order chi connectivity index (χ1) is 8.28. The predicted molar refractivity (Wildman–Crippen MR) is 75.1 cm³/mol. The van der Waals surface area contributed by atoms with Crippen molar-refractivity contribution < 1.29 is 0 Å². The highest BCUT2D eigenvalue weighted by atomic mass is 35.5. The minimum absolute atomic E-state index is 0.786. The molecule has 0 saturated carbocycles. The van der Waals surface area contributed by atoms with Gasteiger partial charge in [-0.2, -0.15) is 0 Å². The van der Waals surface area contributed by atoms with Crippen LogP contribution in [0.25, 0.3) is 0 Å². The summed E-state index contributed by atoms with van der Waals surface area (Å²) >= 11 is 7.50. The van der Waals surface area contributed by atoms with Gasteiger partial charge in [-0.05, 0) is 30.5 Å². The molecule has 0 amide bonds. The second-order valence-corrected chi connectivity index (χ2v) is 5.10. The number of halogens is 1. The first-order valence-corrected chi connectivity index (χ1v) is 6.96. The van der Waals surface area contributed by atoms with Gasteiger partial charge in [0.2, 0.25) is 0 Å². The number of thiazole rings is 1. The standard InChI is InChI=1S/C13H15ClN2S/c1-2-12-9-17-13(16-12)15-8-7-10-3-5-11(14)6-4-10/h3-6,9H,2,7-8H2,1H3,(H,15,16). The Morgan fingerprint density at radius 3 is 2.71 bits per heavy atom. The van der Waals surface area contributed by atoms with Crippen molar-refractivity contribution in [2.45, 2.75) is 19.8 Å². The fourth-order valence-corrected chi connectivity index (χ4v) is 2.46. The molecule has 0 saturated heterocycles. The maximum atomic E-state index is 5.84. The fraction of sp³-hybridized carbons (Fsp3) is 0.308. The second-order valence-electron chi connectivity index (χ2n) is 3.80. The topological polar surface area (TPSA) is 24.9 Å². The average Bonchev–Trinajstić information content (AvgIpc) is 2.80. The Kier molecular flexibility index (Phi) is 4.40. The highest BCUT2D eigenvalue weighted by Crippen LogP contribution is 2.16. The summed E-state index contributed by atoms with van der Waals surface area (Å²) in [7, 11) is 0. The van der Waals surface area contributed by atoms with E-state index in [-0.39, 0.29) is 0 Å². The summed E-state index contributed by atoms with van der Waals surface area (Å²) in [6, 6.07) is 7.97. The zero-order valence-corrected chi connectivity index (χ0v) is 11.3. The van der Waals surface area contributed by atoms with Gasteiger partial charge in [-0.15, -0.1) is 11.3 Å². The van der Waals surface area contributed by atoms with E-state index in [1.165, 1.54) is 5.56 Å². The van der Waals surface area contributed by atoms with Gasteiger partial charge in [-0.25, -0.2) is 4.98 Å². The summed E-state index contributed by atoms with van der Waals surface area (Å²) in [5.41, 5.74) is 2.44. The molecule has 1 aromatic carbocycles. The quantitative estimate of drug-likeness (QED) is 0.884. The smallest absolute Gasteiger partial charge is 0.182 e. The molecule has 0 unspecified atom stereocenters. The lowest BCUT2D eigenvalue weighted by atomic mass is 10.1. The van der Waals surface area contributed by atoms with Gasteiger partial charge < -0.3 is 5.32 Å². The molecule has 0 fully saturated rings. The van der Waals surface area contributed by atoms with Crippen molar-refractivity contribution in [1.29, 1.82) is 0 Å². The van der Waals surface area contributed by atoms with Gasteiger partial charge in [-0.1, -0.05) is 30.7 Å². The molecule has 0 atom stereocenters.